The predicted octanol–water partition coefficient (Wildman–Crippen LogP) is 4.99. The van der Waals surface area contributed by atoms with Crippen LogP contribution in [0.2, 0.25) is 5.02 Å². The number of halogens is 1. The Labute approximate surface area is 189 Å². The topological polar surface area (TPSA) is 103 Å². The number of nitro benzene ring substituents is 1. The molecule has 8 nitrogen and oxygen atoms in total. The molecular weight excluding hydrogens is 434 g/mol. The second kappa shape index (κ2) is 10.9. The largest absolute Gasteiger partial charge is 0.490 e. The van der Waals surface area contributed by atoms with Gasteiger partial charge < -0.3 is 9.47 Å². The molecule has 0 aromatic heterocycles. The fourth-order valence-corrected chi connectivity index (χ4v) is 2.94. The van der Waals surface area contributed by atoms with Crippen molar-refractivity contribution in [1.29, 1.82) is 0 Å². The molecule has 164 valence electrons. The first-order valence-corrected chi connectivity index (χ1v) is 10.1. The third kappa shape index (κ3) is 6.05. The number of nitrogens with zero attached hydrogens (tertiary/aromatic N) is 2. The van der Waals surface area contributed by atoms with Gasteiger partial charge in [0, 0.05) is 28.3 Å². The van der Waals surface area contributed by atoms with Crippen molar-refractivity contribution in [3.8, 4) is 11.5 Å². The van der Waals surface area contributed by atoms with Crippen LogP contribution in [0, 0.1) is 10.1 Å². The van der Waals surface area contributed by atoms with Crippen LogP contribution in [0.3, 0.4) is 0 Å². The van der Waals surface area contributed by atoms with Crippen LogP contribution < -0.4 is 14.9 Å². The Kier molecular flexibility index (Phi) is 7.77. The first-order chi connectivity index (χ1) is 15.5. The number of hydrazone groups is 1. The lowest BCUT2D eigenvalue weighted by atomic mass is 10.2. The van der Waals surface area contributed by atoms with Crippen LogP contribution in [0.1, 0.15) is 28.4 Å². The molecule has 0 unspecified atom stereocenters. The zero-order valence-corrected chi connectivity index (χ0v) is 17.9. The number of carbonyl (C=O) groups excluding carboxylic acids is 1. The highest BCUT2D eigenvalue weighted by molar-refractivity contribution is 6.31. The minimum Gasteiger partial charge on any atom is -0.490 e. The van der Waals surface area contributed by atoms with Crippen LogP contribution in [0.15, 0.2) is 71.8 Å². The van der Waals surface area contributed by atoms with Crippen molar-refractivity contribution in [2.45, 2.75) is 13.5 Å². The monoisotopic (exact) mass is 453 g/mol. The molecule has 0 aliphatic carbocycles. The Balaban J connectivity index is 1.67. The fraction of sp³-hybridized carbons (Fsp3) is 0.130. The summed E-state index contributed by atoms with van der Waals surface area (Å²) in [6.45, 7) is 2.58. The fourth-order valence-electron chi connectivity index (χ4n) is 2.75. The SMILES string of the molecule is CCOc1cc(/C=N\NC(=O)c2cccc([N+](=O)[O-])c2)ccc1OCc1ccccc1Cl. The van der Waals surface area contributed by atoms with E-state index in [1.165, 1.54) is 30.5 Å². The summed E-state index contributed by atoms with van der Waals surface area (Å²) >= 11 is 6.17. The second-order valence-electron chi connectivity index (χ2n) is 6.53. The van der Waals surface area contributed by atoms with Gasteiger partial charge in [0.1, 0.15) is 6.61 Å². The van der Waals surface area contributed by atoms with Gasteiger partial charge in [0.25, 0.3) is 11.6 Å². The third-order valence-electron chi connectivity index (χ3n) is 4.31. The molecule has 0 aliphatic rings. The number of nitrogens with one attached hydrogen (secondary N) is 1. The summed E-state index contributed by atoms with van der Waals surface area (Å²) in [5, 5.41) is 15.4. The lowest BCUT2D eigenvalue weighted by Gasteiger charge is -2.13. The molecule has 3 aromatic carbocycles. The highest BCUT2D eigenvalue weighted by Gasteiger charge is 2.11. The maximum atomic E-state index is 12.2. The first kappa shape index (κ1) is 22.8. The lowest BCUT2D eigenvalue weighted by Crippen LogP contribution is -2.17. The smallest absolute Gasteiger partial charge is 0.271 e. The van der Waals surface area contributed by atoms with Gasteiger partial charge in [0.15, 0.2) is 11.5 Å². The molecular formula is C23H20ClN3O5. The van der Waals surface area contributed by atoms with E-state index < -0.39 is 10.8 Å². The average molecular weight is 454 g/mol. The molecule has 0 bridgehead atoms. The molecule has 1 N–H and O–H groups in total. The zero-order chi connectivity index (χ0) is 22.9. The van der Waals surface area contributed by atoms with Crippen LogP contribution in [-0.4, -0.2) is 23.7 Å². The number of benzene rings is 3. The number of amides is 1. The van der Waals surface area contributed by atoms with E-state index >= 15 is 0 Å². The summed E-state index contributed by atoms with van der Waals surface area (Å²) in [5.74, 6) is 0.507. The lowest BCUT2D eigenvalue weighted by molar-refractivity contribution is -0.384. The summed E-state index contributed by atoms with van der Waals surface area (Å²) in [5.41, 5.74) is 3.83. The Bertz CT molecular complexity index is 1150. The standard InChI is InChI=1S/C23H20ClN3O5/c1-2-31-22-12-16(10-11-21(22)32-15-18-6-3-4-9-20(18)24)14-25-26-23(28)17-7-5-8-19(13-17)27(29)30/h3-14H,2,15H2,1H3,(H,26,28)/b25-14-. The van der Waals surface area contributed by atoms with Crippen LogP contribution in [0.25, 0.3) is 0 Å². The van der Waals surface area contributed by atoms with Crippen LogP contribution >= 0.6 is 11.6 Å². The molecule has 1 amide bonds. The maximum Gasteiger partial charge on any atom is 0.271 e. The molecule has 0 fully saturated rings. The maximum absolute atomic E-state index is 12.2. The van der Waals surface area contributed by atoms with E-state index in [-0.39, 0.29) is 17.9 Å². The van der Waals surface area contributed by atoms with Crippen molar-refractivity contribution in [2.75, 3.05) is 6.61 Å². The van der Waals surface area contributed by atoms with Gasteiger partial charge >= 0.3 is 0 Å². The van der Waals surface area contributed by atoms with Crippen LogP contribution in [0.4, 0.5) is 5.69 Å². The highest BCUT2D eigenvalue weighted by Crippen LogP contribution is 2.29. The van der Waals surface area contributed by atoms with E-state index in [4.69, 9.17) is 21.1 Å². The highest BCUT2D eigenvalue weighted by atomic mass is 35.5. The summed E-state index contributed by atoms with van der Waals surface area (Å²) in [4.78, 5) is 22.5. The zero-order valence-electron chi connectivity index (χ0n) is 17.2. The minimum atomic E-state index is -0.565. The van der Waals surface area contributed by atoms with Gasteiger partial charge in [-0.15, -0.1) is 0 Å². The molecule has 0 aliphatic heterocycles. The first-order valence-electron chi connectivity index (χ1n) is 9.69. The van der Waals surface area contributed by atoms with E-state index in [9.17, 15) is 14.9 Å². The molecule has 0 saturated carbocycles. The normalized spacial score (nSPS) is 10.7. The second-order valence-corrected chi connectivity index (χ2v) is 6.93. The van der Waals surface area contributed by atoms with E-state index in [0.717, 1.165) is 5.56 Å². The Morgan fingerprint density at radius 3 is 2.66 bits per heavy atom. The molecule has 0 saturated heterocycles. The molecule has 3 rings (SSSR count). The summed E-state index contributed by atoms with van der Waals surface area (Å²) in [6, 6.07) is 18.0. The van der Waals surface area contributed by atoms with Gasteiger partial charge in [0.2, 0.25) is 0 Å². The molecule has 32 heavy (non-hydrogen) atoms. The predicted molar refractivity (Wildman–Crippen MR) is 122 cm³/mol. The van der Waals surface area contributed by atoms with Gasteiger partial charge in [-0.3, -0.25) is 14.9 Å². The van der Waals surface area contributed by atoms with Gasteiger partial charge in [0.05, 0.1) is 17.7 Å². The molecule has 9 heteroatoms. The Morgan fingerprint density at radius 2 is 1.91 bits per heavy atom. The molecule has 0 heterocycles. The van der Waals surface area contributed by atoms with Crippen molar-refractivity contribution >= 4 is 29.4 Å². The summed E-state index contributed by atoms with van der Waals surface area (Å²) in [7, 11) is 0. The molecule has 0 atom stereocenters. The van der Waals surface area contributed by atoms with Crippen molar-refractivity contribution in [2.24, 2.45) is 5.10 Å². The average Bonchev–Trinajstić information content (AvgIpc) is 2.79. The minimum absolute atomic E-state index is 0.134. The number of non-ortho nitro benzene ring substituents is 1. The molecule has 0 spiro atoms. The third-order valence-corrected chi connectivity index (χ3v) is 4.68. The number of rotatable bonds is 9. The van der Waals surface area contributed by atoms with Crippen LogP contribution in [0.5, 0.6) is 11.5 Å². The Morgan fingerprint density at radius 1 is 1.09 bits per heavy atom. The van der Waals surface area contributed by atoms with Crippen LogP contribution in [-0.2, 0) is 6.61 Å². The van der Waals surface area contributed by atoms with E-state index in [2.05, 4.69) is 10.5 Å². The number of hydrogen-bond donors (Lipinski definition) is 1. The molecule has 3 aromatic rings. The number of nitro groups is 1. The number of carbonyl (C=O) groups is 1. The summed E-state index contributed by atoms with van der Waals surface area (Å²) < 4.78 is 11.5. The van der Waals surface area contributed by atoms with Gasteiger partial charge in [-0.1, -0.05) is 35.9 Å². The van der Waals surface area contributed by atoms with Crippen molar-refractivity contribution in [3.05, 3.63) is 98.6 Å². The van der Waals surface area contributed by atoms with Gasteiger partial charge in [-0.05, 0) is 42.8 Å². The van der Waals surface area contributed by atoms with Crippen molar-refractivity contribution in [1.82, 2.24) is 5.43 Å². The number of hydrogen-bond acceptors (Lipinski definition) is 6. The van der Waals surface area contributed by atoms with E-state index in [0.29, 0.717) is 28.7 Å². The Hall–Kier alpha value is -3.91. The van der Waals surface area contributed by atoms with Gasteiger partial charge in [-0.25, -0.2) is 5.43 Å². The van der Waals surface area contributed by atoms with Crippen molar-refractivity contribution < 1.29 is 19.2 Å². The van der Waals surface area contributed by atoms with Gasteiger partial charge in [-0.2, -0.15) is 5.10 Å². The van der Waals surface area contributed by atoms with E-state index in [1.54, 1.807) is 24.3 Å². The molecule has 0 radical (unpaired) electrons. The summed E-state index contributed by atoms with van der Waals surface area (Å²) in [6.07, 6.45) is 1.44. The number of ether oxygens (including phenoxy) is 2. The van der Waals surface area contributed by atoms with Crippen molar-refractivity contribution in [3.63, 3.8) is 0 Å². The quantitative estimate of drug-likeness (QED) is 0.279. The van der Waals surface area contributed by atoms with E-state index in [1.807, 2.05) is 25.1 Å².